The van der Waals surface area contributed by atoms with Crippen molar-refractivity contribution in [3.05, 3.63) is 64.2 Å². The van der Waals surface area contributed by atoms with E-state index in [-0.39, 0.29) is 11.7 Å². The first-order valence-electron chi connectivity index (χ1n) is 7.58. The second-order valence-electron chi connectivity index (χ2n) is 5.76. The van der Waals surface area contributed by atoms with Crippen LogP contribution in [0.3, 0.4) is 0 Å². The van der Waals surface area contributed by atoms with Gasteiger partial charge in [-0.1, -0.05) is 24.3 Å². The summed E-state index contributed by atoms with van der Waals surface area (Å²) in [7, 11) is 1.64. The predicted molar refractivity (Wildman–Crippen MR) is 86.4 cm³/mol. The number of amides is 1. The summed E-state index contributed by atoms with van der Waals surface area (Å²) < 4.78 is 2.54. The molecule has 116 valence electrons. The van der Waals surface area contributed by atoms with Gasteiger partial charge in [-0.25, -0.2) is 14.6 Å². The van der Waals surface area contributed by atoms with Crippen LogP contribution in [-0.2, 0) is 13.5 Å². The second kappa shape index (κ2) is 5.08. The standard InChI is InChI=1S/C17H16N4O2/c1-20-14-7-4-10-18-15(14)21(17(20)23)16(22)19-13-9-8-11-5-2-3-6-12(11)13/h2-7,10,13H,8-9H2,1H3,(H,19,22)/t13-/m1/s1. The number of hydrogen-bond acceptors (Lipinski definition) is 3. The average Bonchev–Trinajstić information content (AvgIpc) is 3.08. The van der Waals surface area contributed by atoms with E-state index < -0.39 is 6.03 Å². The van der Waals surface area contributed by atoms with Crippen LogP contribution in [0.4, 0.5) is 4.79 Å². The Morgan fingerprint density at radius 3 is 2.96 bits per heavy atom. The molecule has 0 aliphatic heterocycles. The Hall–Kier alpha value is -2.89. The van der Waals surface area contributed by atoms with Crippen molar-refractivity contribution in [2.45, 2.75) is 18.9 Å². The van der Waals surface area contributed by atoms with E-state index in [2.05, 4.69) is 16.4 Å². The fourth-order valence-corrected chi connectivity index (χ4v) is 3.27. The van der Waals surface area contributed by atoms with Gasteiger partial charge in [0.15, 0.2) is 5.65 Å². The number of imidazole rings is 1. The van der Waals surface area contributed by atoms with E-state index in [0.29, 0.717) is 11.2 Å². The van der Waals surface area contributed by atoms with Crippen molar-refractivity contribution in [3.8, 4) is 0 Å². The molecule has 1 aromatic carbocycles. The van der Waals surface area contributed by atoms with Crippen LogP contribution >= 0.6 is 0 Å². The molecule has 0 unspecified atom stereocenters. The van der Waals surface area contributed by atoms with Crippen molar-refractivity contribution in [2.75, 3.05) is 0 Å². The summed E-state index contributed by atoms with van der Waals surface area (Å²) in [5, 5.41) is 2.97. The molecule has 23 heavy (non-hydrogen) atoms. The maximum absolute atomic E-state index is 12.7. The van der Waals surface area contributed by atoms with Gasteiger partial charge in [0, 0.05) is 13.2 Å². The predicted octanol–water partition coefficient (Wildman–Crippen LogP) is 1.98. The van der Waals surface area contributed by atoms with Gasteiger partial charge in [0.2, 0.25) is 0 Å². The highest BCUT2D eigenvalue weighted by atomic mass is 16.2. The largest absolute Gasteiger partial charge is 0.338 e. The van der Waals surface area contributed by atoms with E-state index in [9.17, 15) is 9.59 Å². The topological polar surface area (TPSA) is 68.9 Å². The lowest BCUT2D eigenvalue weighted by atomic mass is 10.1. The van der Waals surface area contributed by atoms with Gasteiger partial charge in [-0.05, 0) is 36.1 Å². The minimum Gasteiger partial charge on any atom is -0.330 e. The van der Waals surface area contributed by atoms with E-state index in [1.807, 2.05) is 18.2 Å². The summed E-state index contributed by atoms with van der Waals surface area (Å²) in [6.45, 7) is 0. The molecule has 1 aliphatic rings. The van der Waals surface area contributed by atoms with Crippen LogP contribution in [0.15, 0.2) is 47.4 Å². The summed E-state index contributed by atoms with van der Waals surface area (Å²) in [6.07, 6.45) is 3.36. The zero-order valence-corrected chi connectivity index (χ0v) is 12.7. The van der Waals surface area contributed by atoms with Crippen molar-refractivity contribution >= 4 is 17.2 Å². The molecule has 0 saturated carbocycles. The Bertz CT molecular complexity index is 970. The Balaban J connectivity index is 1.72. The normalized spacial score (nSPS) is 16.5. The van der Waals surface area contributed by atoms with Gasteiger partial charge in [0.05, 0.1) is 11.6 Å². The van der Waals surface area contributed by atoms with Crippen molar-refractivity contribution in [1.82, 2.24) is 19.4 Å². The first-order chi connectivity index (χ1) is 11.2. The third kappa shape index (κ3) is 2.06. The Morgan fingerprint density at radius 1 is 1.26 bits per heavy atom. The van der Waals surface area contributed by atoms with Gasteiger partial charge in [-0.2, -0.15) is 4.57 Å². The third-order valence-corrected chi connectivity index (χ3v) is 4.45. The number of fused-ring (bicyclic) bond motifs is 2. The summed E-state index contributed by atoms with van der Waals surface area (Å²) >= 11 is 0. The van der Waals surface area contributed by atoms with Crippen LogP contribution in [0.5, 0.6) is 0 Å². The van der Waals surface area contributed by atoms with Crippen LogP contribution in [-0.4, -0.2) is 20.1 Å². The van der Waals surface area contributed by atoms with E-state index in [0.717, 1.165) is 23.0 Å². The SMILES string of the molecule is Cn1c(=O)n(C(=O)N[C@@H]2CCc3ccccc32)c2ncccc21. The number of nitrogens with zero attached hydrogens (tertiary/aromatic N) is 3. The first-order valence-corrected chi connectivity index (χ1v) is 7.58. The molecule has 1 atom stereocenters. The number of benzene rings is 1. The average molecular weight is 308 g/mol. The molecule has 0 bridgehead atoms. The van der Waals surface area contributed by atoms with Crippen molar-refractivity contribution < 1.29 is 4.79 Å². The molecule has 0 fully saturated rings. The molecule has 2 heterocycles. The lowest BCUT2D eigenvalue weighted by Crippen LogP contribution is -2.38. The monoisotopic (exact) mass is 308 g/mol. The van der Waals surface area contributed by atoms with Gasteiger partial charge in [-0.3, -0.25) is 4.57 Å². The molecule has 4 rings (SSSR count). The summed E-state index contributed by atoms with van der Waals surface area (Å²) in [5.41, 5.74) is 3.01. The molecule has 1 aliphatic carbocycles. The molecule has 6 heteroatoms. The molecule has 1 amide bonds. The lowest BCUT2D eigenvalue weighted by Gasteiger charge is -2.14. The number of aromatic nitrogens is 3. The van der Waals surface area contributed by atoms with Crippen LogP contribution in [0.1, 0.15) is 23.6 Å². The molecular weight excluding hydrogens is 292 g/mol. The minimum absolute atomic E-state index is 0.0652. The zero-order chi connectivity index (χ0) is 16.0. The quantitative estimate of drug-likeness (QED) is 0.747. The van der Waals surface area contributed by atoms with E-state index in [1.165, 1.54) is 10.1 Å². The van der Waals surface area contributed by atoms with Crippen LogP contribution in [0.2, 0.25) is 0 Å². The molecular formula is C17H16N4O2. The summed E-state index contributed by atoms with van der Waals surface area (Å²) in [5.74, 6) is 0. The maximum Gasteiger partial charge on any atom is 0.338 e. The number of carbonyl (C=O) groups excluding carboxylic acids is 1. The number of aryl methyl sites for hydroxylation is 2. The number of carbonyl (C=O) groups is 1. The third-order valence-electron chi connectivity index (χ3n) is 4.45. The molecule has 2 aromatic heterocycles. The molecule has 1 N–H and O–H groups in total. The van der Waals surface area contributed by atoms with Gasteiger partial charge in [0.1, 0.15) is 0 Å². The highest BCUT2D eigenvalue weighted by molar-refractivity contribution is 5.87. The fourth-order valence-electron chi connectivity index (χ4n) is 3.27. The smallest absolute Gasteiger partial charge is 0.330 e. The number of pyridine rings is 1. The maximum atomic E-state index is 12.7. The van der Waals surface area contributed by atoms with Crippen molar-refractivity contribution in [3.63, 3.8) is 0 Å². The van der Waals surface area contributed by atoms with Gasteiger partial charge in [-0.15, -0.1) is 0 Å². The van der Waals surface area contributed by atoms with Gasteiger partial charge in [0.25, 0.3) is 0 Å². The lowest BCUT2D eigenvalue weighted by molar-refractivity contribution is 0.238. The minimum atomic E-state index is -0.430. The van der Waals surface area contributed by atoms with Crippen molar-refractivity contribution in [2.24, 2.45) is 7.05 Å². The summed E-state index contributed by atoms with van der Waals surface area (Å²) in [4.78, 5) is 29.2. The number of hydrogen-bond donors (Lipinski definition) is 1. The highest BCUT2D eigenvalue weighted by Gasteiger charge is 2.26. The molecule has 0 saturated heterocycles. The number of nitrogens with one attached hydrogen (secondary N) is 1. The Morgan fingerprint density at radius 2 is 2.09 bits per heavy atom. The molecule has 6 nitrogen and oxygen atoms in total. The zero-order valence-electron chi connectivity index (χ0n) is 12.7. The van der Waals surface area contributed by atoms with Gasteiger partial charge < -0.3 is 5.32 Å². The van der Waals surface area contributed by atoms with E-state index in [1.54, 1.807) is 25.4 Å². The van der Waals surface area contributed by atoms with Crippen molar-refractivity contribution in [1.29, 1.82) is 0 Å². The van der Waals surface area contributed by atoms with Crippen LogP contribution in [0, 0.1) is 0 Å². The molecule has 3 aromatic rings. The summed E-state index contributed by atoms with van der Waals surface area (Å²) in [6, 6.07) is 11.1. The Labute approximate surface area is 132 Å². The highest BCUT2D eigenvalue weighted by Crippen LogP contribution is 2.30. The molecule has 0 spiro atoms. The van der Waals surface area contributed by atoms with Crippen LogP contribution in [0.25, 0.3) is 11.2 Å². The van der Waals surface area contributed by atoms with Gasteiger partial charge >= 0.3 is 11.7 Å². The second-order valence-corrected chi connectivity index (χ2v) is 5.76. The Kier molecular flexibility index (Phi) is 3.04. The molecule has 0 radical (unpaired) electrons. The fraction of sp³-hybridized carbons (Fsp3) is 0.235. The first kappa shape index (κ1) is 13.8. The number of rotatable bonds is 1. The van der Waals surface area contributed by atoms with E-state index >= 15 is 0 Å². The van der Waals surface area contributed by atoms with Crippen LogP contribution < -0.4 is 11.0 Å². The van der Waals surface area contributed by atoms with E-state index in [4.69, 9.17) is 0 Å².